The van der Waals surface area contributed by atoms with Gasteiger partial charge in [0.15, 0.2) is 0 Å². The number of aryl methyl sites for hydroxylation is 1. The Morgan fingerprint density at radius 1 is 1.44 bits per heavy atom. The molecule has 0 amide bonds. The van der Waals surface area contributed by atoms with Crippen LogP contribution in [-0.2, 0) is 6.54 Å². The van der Waals surface area contributed by atoms with Gasteiger partial charge in [-0.3, -0.25) is 4.98 Å². The fourth-order valence-corrected chi connectivity index (χ4v) is 2.74. The maximum absolute atomic E-state index is 4.13. The number of rotatable bonds is 4. The molecular formula is C14H22N2. The number of hydrogen-bond acceptors (Lipinski definition) is 2. The van der Waals surface area contributed by atoms with E-state index in [0.29, 0.717) is 0 Å². The summed E-state index contributed by atoms with van der Waals surface area (Å²) < 4.78 is 0. The van der Waals surface area contributed by atoms with Gasteiger partial charge in [-0.05, 0) is 42.9 Å². The highest BCUT2D eigenvalue weighted by Gasteiger charge is 2.24. The zero-order valence-corrected chi connectivity index (χ0v) is 10.4. The minimum atomic E-state index is 0.734. The molecule has 1 aliphatic rings. The van der Waals surface area contributed by atoms with E-state index in [1.54, 1.807) is 0 Å². The fraction of sp³-hybridized carbons (Fsp3) is 0.643. The molecular weight excluding hydrogens is 196 g/mol. The van der Waals surface area contributed by atoms with Gasteiger partial charge in [0.1, 0.15) is 0 Å². The zero-order valence-electron chi connectivity index (χ0n) is 10.4. The van der Waals surface area contributed by atoms with E-state index in [-0.39, 0.29) is 0 Å². The SMILES string of the molecule is CCC1CCCC1NCc1ccncc1C. The average Bonchev–Trinajstić information content (AvgIpc) is 2.75. The van der Waals surface area contributed by atoms with Gasteiger partial charge in [0.2, 0.25) is 0 Å². The van der Waals surface area contributed by atoms with Gasteiger partial charge in [0.25, 0.3) is 0 Å². The summed E-state index contributed by atoms with van der Waals surface area (Å²) in [6.07, 6.45) is 9.30. The lowest BCUT2D eigenvalue weighted by atomic mass is 10.0. The van der Waals surface area contributed by atoms with Crippen molar-refractivity contribution in [1.29, 1.82) is 0 Å². The maximum Gasteiger partial charge on any atom is 0.0300 e. The first kappa shape index (κ1) is 11.6. The van der Waals surface area contributed by atoms with Gasteiger partial charge in [-0.2, -0.15) is 0 Å². The lowest BCUT2D eigenvalue weighted by Crippen LogP contribution is -2.31. The van der Waals surface area contributed by atoms with Crippen LogP contribution in [0, 0.1) is 12.8 Å². The van der Waals surface area contributed by atoms with E-state index in [1.807, 2.05) is 12.4 Å². The molecule has 2 nitrogen and oxygen atoms in total. The van der Waals surface area contributed by atoms with E-state index >= 15 is 0 Å². The molecule has 16 heavy (non-hydrogen) atoms. The molecule has 1 heterocycles. The van der Waals surface area contributed by atoms with E-state index in [9.17, 15) is 0 Å². The van der Waals surface area contributed by atoms with E-state index in [4.69, 9.17) is 0 Å². The monoisotopic (exact) mass is 218 g/mol. The third kappa shape index (κ3) is 2.62. The molecule has 0 saturated heterocycles. The summed E-state index contributed by atoms with van der Waals surface area (Å²) in [6.45, 7) is 5.44. The van der Waals surface area contributed by atoms with Crippen LogP contribution in [0.1, 0.15) is 43.7 Å². The molecule has 0 spiro atoms. The molecule has 0 bridgehead atoms. The molecule has 2 heteroatoms. The summed E-state index contributed by atoms with van der Waals surface area (Å²) in [5.74, 6) is 0.891. The zero-order chi connectivity index (χ0) is 11.4. The lowest BCUT2D eigenvalue weighted by Gasteiger charge is -2.20. The standard InChI is InChI=1S/C14H22N2/c1-3-12-5-4-6-14(12)16-10-13-7-8-15-9-11(13)2/h7-9,12,14,16H,3-6,10H2,1-2H3. The van der Waals surface area contributed by atoms with E-state index in [0.717, 1.165) is 18.5 Å². The quantitative estimate of drug-likeness (QED) is 0.840. The van der Waals surface area contributed by atoms with E-state index in [1.165, 1.54) is 36.8 Å². The van der Waals surface area contributed by atoms with Crippen molar-refractivity contribution in [2.24, 2.45) is 5.92 Å². The first-order chi connectivity index (χ1) is 7.81. The van der Waals surface area contributed by atoms with Gasteiger partial charge in [0, 0.05) is 25.0 Å². The van der Waals surface area contributed by atoms with Crippen molar-refractivity contribution in [3.8, 4) is 0 Å². The molecule has 88 valence electrons. The molecule has 1 N–H and O–H groups in total. The normalized spacial score (nSPS) is 24.9. The third-order valence-electron chi connectivity index (χ3n) is 3.87. The van der Waals surface area contributed by atoms with Gasteiger partial charge < -0.3 is 5.32 Å². The highest BCUT2D eigenvalue weighted by Crippen LogP contribution is 2.28. The van der Waals surface area contributed by atoms with Crippen LogP contribution in [0.3, 0.4) is 0 Å². The predicted octanol–water partition coefficient (Wildman–Crippen LogP) is 3.06. The smallest absolute Gasteiger partial charge is 0.0300 e. The second-order valence-electron chi connectivity index (χ2n) is 4.89. The second kappa shape index (κ2) is 5.44. The molecule has 1 saturated carbocycles. The topological polar surface area (TPSA) is 24.9 Å². The van der Waals surface area contributed by atoms with Crippen molar-refractivity contribution in [1.82, 2.24) is 10.3 Å². The van der Waals surface area contributed by atoms with Crippen LogP contribution in [0.15, 0.2) is 18.5 Å². The van der Waals surface area contributed by atoms with E-state index < -0.39 is 0 Å². The average molecular weight is 218 g/mol. The summed E-state index contributed by atoms with van der Waals surface area (Å²) in [5, 5.41) is 3.71. The second-order valence-corrected chi connectivity index (χ2v) is 4.89. The van der Waals surface area contributed by atoms with Gasteiger partial charge >= 0.3 is 0 Å². The molecule has 0 radical (unpaired) electrons. The van der Waals surface area contributed by atoms with Crippen LogP contribution in [-0.4, -0.2) is 11.0 Å². The third-order valence-corrected chi connectivity index (χ3v) is 3.87. The Morgan fingerprint density at radius 3 is 3.06 bits per heavy atom. The van der Waals surface area contributed by atoms with Crippen molar-refractivity contribution in [2.45, 2.75) is 52.1 Å². The number of pyridine rings is 1. The van der Waals surface area contributed by atoms with Crippen LogP contribution in [0.2, 0.25) is 0 Å². The van der Waals surface area contributed by atoms with Gasteiger partial charge in [-0.15, -0.1) is 0 Å². The Kier molecular flexibility index (Phi) is 3.94. The summed E-state index contributed by atoms with van der Waals surface area (Å²) >= 11 is 0. The van der Waals surface area contributed by atoms with E-state index in [2.05, 4.69) is 30.2 Å². The van der Waals surface area contributed by atoms with Gasteiger partial charge in [0.05, 0.1) is 0 Å². The molecule has 1 aliphatic carbocycles. The summed E-state index contributed by atoms with van der Waals surface area (Å²) in [5.41, 5.74) is 2.68. The van der Waals surface area contributed by atoms with Crippen LogP contribution in [0.4, 0.5) is 0 Å². The predicted molar refractivity (Wildman–Crippen MR) is 67.2 cm³/mol. The Labute approximate surface area is 98.5 Å². The lowest BCUT2D eigenvalue weighted by molar-refractivity contribution is 0.389. The molecule has 0 aromatic carbocycles. The van der Waals surface area contributed by atoms with Crippen LogP contribution < -0.4 is 5.32 Å². The number of hydrogen-bond donors (Lipinski definition) is 1. The Hall–Kier alpha value is -0.890. The Morgan fingerprint density at radius 2 is 2.31 bits per heavy atom. The van der Waals surface area contributed by atoms with Gasteiger partial charge in [-0.1, -0.05) is 19.8 Å². The Balaban J connectivity index is 1.90. The Bertz CT molecular complexity index is 335. The highest BCUT2D eigenvalue weighted by molar-refractivity contribution is 5.21. The van der Waals surface area contributed by atoms with Gasteiger partial charge in [-0.25, -0.2) is 0 Å². The largest absolute Gasteiger partial charge is 0.310 e. The summed E-state index contributed by atoms with van der Waals surface area (Å²) in [4.78, 5) is 4.13. The minimum absolute atomic E-state index is 0.734. The first-order valence-corrected chi connectivity index (χ1v) is 6.44. The molecule has 1 aromatic heterocycles. The van der Waals surface area contributed by atoms with Crippen LogP contribution in [0.5, 0.6) is 0 Å². The van der Waals surface area contributed by atoms with Crippen molar-refractivity contribution in [3.63, 3.8) is 0 Å². The maximum atomic E-state index is 4.13. The van der Waals surface area contributed by atoms with Crippen molar-refractivity contribution in [3.05, 3.63) is 29.6 Å². The fourth-order valence-electron chi connectivity index (χ4n) is 2.74. The van der Waals surface area contributed by atoms with Crippen molar-refractivity contribution < 1.29 is 0 Å². The van der Waals surface area contributed by atoms with Crippen LogP contribution >= 0.6 is 0 Å². The van der Waals surface area contributed by atoms with Crippen LogP contribution in [0.25, 0.3) is 0 Å². The highest BCUT2D eigenvalue weighted by atomic mass is 14.9. The number of nitrogens with zero attached hydrogens (tertiary/aromatic N) is 1. The number of nitrogens with one attached hydrogen (secondary N) is 1. The number of aromatic nitrogens is 1. The summed E-state index contributed by atoms with van der Waals surface area (Å²) in [6, 6.07) is 2.86. The molecule has 1 fully saturated rings. The van der Waals surface area contributed by atoms with Crippen molar-refractivity contribution in [2.75, 3.05) is 0 Å². The molecule has 1 aromatic rings. The summed E-state index contributed by atoms with van der Waals surface area (Å²) in [7, 11) is 0. The van der Waals surface area contributed by atoms with Crippen molar-refractivity contribution >= 4 is 0 Å². The minimum Gasteiger partial charge on any atom is -0.310 e. The molecule has 0 aliphatic heterocycles. The molecule has 2 atom stereocenters. The molecule has 2 rings (SSSR count). The molecule has 2 unspecified atom stereocenters. The first-order valence-electron chi connectivity index (χ1n) is 6.44.